The van der Waals surface area contributed by atoms with Gasteiger partial charge in [-0.2, -0.15) is 0 Å². The summed E-state index contributed by atoms with van der Waals surface area (Å²) < 4.78 is 0. The van der Waals surface area contributed by atoms with E-state index >= 15 is 0 Å². The fourth-order valence-electron chi connectivity index (χ4n) is 9.08. The van der Waals surface area contributed by atoms with E-state index in [0.29, 0.717) is 47.9 Å². The van der Waals surface area contributed by atoms with Crippen molar-refractivity contribution in [2.24, 2.45) is 52.3 Å². The molecule has 0 bridgehead atoms. The molecule has 172 valence electrons. The van der Waals surface area contributed by atoms with E-state index in [4.69, 9.17) is 0 Å². The number of rotatable bonds is 6. The number of carbonyl (C=O) groups excluding carboxylic acids is 1. The average Bonchev–Trinajstić information content (AvgIpc) is 3.06. The molecule has 0 aromatic carbocycles. The molecule has 0 aromatic rings. The Labute approximate surface area is 184 Å². The van der Waals surface area contributed by atoms with Crippen molar-refractivity contribution in [3.05, 3.63) is 0 Å². The number of aliphatic hydroxyl groups excluding tert-OH is 2. The molecule has 0 spiro atoms. The lowest BCUT2D eigenvalue weighted by molar-refractivity contribution is -0.160. The number of aliphatic hydroxyl groups is 2. The van der Waals surface area contributed by atoms with Gasteiger partial charge in [0.1, 0.15) is 5.78 Å². The lowest BCUT2D eigenvalue weighted by Gasteiger charge is -2.60. The summed E-state index contributed by atoms with van der Waals surface area (Å²) in [6, 6.07) is 0. The van der Waals surface area contributed by atoms with Crippen LogP contribution in [0, 0.1) is 52.3 Å². The second kappa shape index (κ2) is 8.50. The van der Waals surface area contributed by atoms with Crippen LogP contribution >= 0.6 is 0 Å². The van der Waals surface area contributed by atoms with Gasteiger partial charge in [0.25, 0.3) is 0 Å². The normalized spacial score (nSPS) is 47.9. The standard InChI is InChI=1S/C27H46O3/c1-17(16-28)6-5-7-18(2)21-8-9-22-20-15-25(30)24-14-19(29)10-12-27(24,4)23(20)11-13-26(21,22)3/h17-24,28-29H,5-16H2,1-4H3/t17?,18-,19+,20?,21?,22?,23?,24-,26-,27-/m1/s1. The highest BCUT2D eigenvalue weighted by Crippen LogP contribution is 2.67. The first-order valence-corrected chi connectivity index (χ1v) is 13.0. The van der Waals surface area contributed by atoms with Crippen molar-refractivity contribution < 1.29 is 15.0 Å². The highest BCUT2D eigenvalue weighted by atomic mass is 16.3. The van der Waals surface area contributed by atoms with E-state index in [9.17, 15) is 15.0 Å². The van der Waals surface area contributed by atoms with E-state index in [0.717, 1.165) is 37.5 Å². The molecule has 4 fully saturated rings. The second-order valence-corrected chi connectivity index (χ2v) is 12.5. The van der Waals surface area contributed by atoms with Gasteiger partial charge in [-0.05, 0) is 97.7 Å². The van der Waals surface area contributed by atoms with Gasteiger partial charge in [0, 0.05) is 18.9 Å². The third-order valence-electron chi connectivity index (χ3n) is 10.9. The van der Waals surface area contributed by atoms with E-state index < -0.39 is 0 Å². The Morgan fingerprint density at radius 1 is 1.00 bits per heavy atom. The van der Waals surface area contributed by atoms with Crippen molar-refractivity contribution >= 4 is 5.78 Å². The molecule has 0 aliphatic heterocycles. The summed E-state index contributed by atoms with van der Waals surface area (Å²) >= 11 is 0. The fraction of sp³-hybridized carbons (Fsp3) is 0.963. The number of Topliss-reactive ketones (excluding diaryl/α,β-unsaturated/α-hetero) is 1. The predicted octanol–water partition coefficient (Wildman–Crippen LogP) is 5.62. The molecular weight excluding hydrogens is 372 g/mol. The van der Waals surface area contributed by atoms with Crippen LogP contribution in [0.1, 0.15) is 98.3 Å². The van der Waals surface area contributed by atoms with Crippen LogP contribution in [0.25, 0.3) is 0 Å². The summed E-state index contributed by atoms with van der Waals surface area (Å²) in [5.74, 6) is 4.53. The Morgan fingerprint density at radius 2 is 1.70 bits per heavy atom. The molecule has 3 nitrogen and oxygen atoms in total. The SMILES string of the molecule is CC(CO)CCC[C@@H](C)C1CCC2C3CC(=O)[C@H]4C[C@@H](O)CC[C@]4(C)C3CC[C@@]21C. The van der Waals surface area contributed by atoms with E-state index in [-0.39, 0.29) is 17.4 Å². The predicted molar refractivity (Wildman–Crippen MR) is 121 cm³/mol. The first kappa shape index (κ1) is 22.8. The van der Waals surface area contributed by atoms with Crippen LogP contribution in [0.2, 0.25) is 0 Å². The van der Waals surface area contributed by atoms with Crippen LogP contribution in [0.5, 0.6) is 0 Å². The zero-order valence-electron chi connectivity index (χ0n) is 19.9. The monoisotopic (exact) mass is 418 g/mol. The molecule has 0 radical (unpaired) electrons. The average molecular weight is 419 g/mol. The van der Waals surface area contributed by atoms with E-state index in [2.05, 4.69) is 27.7 Å². The van der Waals surface area contributed by atoms with Gasteiger partial charge in [-0.3, -0.25) is 4.79 Å². The smallest absolute Gasteiger partial charge is 0.136 e. The van der Waals surface area contributed by atoms with Gasteiger partial charge in [-0.25, -0.2) is 0 Å². The molecule has 4 aliphatic carbocycles. The summed E-state index contributed by atoms with van der Waals surface area (Å²) in [4.78, 5) is 13.2. The van der Waals surface area contributed by atoms with Crippen molar-refractivity contribution in [1.82, 2.24) is 0 Å². The summed E-state index contributed by atoms with van der Waals surface area (Å²) in [5, 5.41) is 19.5. The number of carbonyl (C=O) groups is 1. The maximum atomic E-state index is 13.2. The molecular formula is C27H46O3. The van der Waals surface area contributed by atoms with Crippen molar-refractivity contribution in [3.63, 3.8) is 0 Å². The molecule has 4 aliphatic rings. The van der Waals surface area contributed by atoms with Crippen molar-refractivity contribution in [3.8, 4) is 0 Å². The van der Waals surface area contributed by atoms with Crippen molar-refractivity contribution in [1.29, 1.82) is 0 Å². The molecule has 5 unspecified atom stereocenters. The minimum atomic E-state index is -0.261. The Balaban J connectivity index is 1.47. The lowest BCUT2D eigenvalue weighted by atomic mass is 9.44. The van der Waals surface area contributed by atoms with Crippen LogP contribution < -0.4 is 0 Å². The maximum Gasteiger partial charge on any atom is 0.136 e. The van der Waals surface area contributed by atoms with Crippen molar-refractivity contribution in [2.75, 3.05) is 6.61 Å². The zero-order valence-corrected chi connectivity index (χ0v) is 19.9. The number of hydrogen-bond donors (Lipinski definition) is 2. The van der Waals surface area contributed by atoms with Crippen LogP contribution in [0.15, 0.2) is 0 Å². The second-order valence-electron chi connectivity index (χ2n) is 12.5. The highest BCUT2D eigenvalue weighted by molar-refractivity contribution is 5.83. The van der Waals surface area contributed by atoms with E-state index in [1.807, 2.05) is 0 Å². The Kier molecular flexibility index (Phi) is 6.45. The Bertz CT molecular complexity index is 632. The van der Waals surface area contributed by atoms with Crippen LogP contribution in [0.3, 0.4) is 0 Å². The number of hydrogen-bond acceptors (Lipinski definition) is 3. The van der Waals surface area contributed by atoms with Gasteiger partial charge >= 0.3 is 0 Å². The molecule has 4 rings (SSSR count). The summed E-state index contributed by atoms with van der Waals surface area (Å²) in [7, 11) is 0. The van der Waals surface area contributed by atoms with Crippen molar-refractivity contribution in [2.45, 2.75) is 104 Å². The van der Waals surface area contributed by atoms with Crippen LogP contribution in [-0.4, -0.2) is 28.7 Å². The van der Waals surface area contributed by atoms with E-state index in [1.165, 1.54) is 38.5 Å². The van der Waals surface area contributed by atoms with Gasteiger partial charge in [0.05, 0.1) is 6.10 Å². The first-order chi connectivity index (χ1) is 14.2. The largest absolute Gasteiger partial charge is 0.396 e. The Morgan fingerprint density at radius 3 is 2.43 bits per heavy atom. The minimum absolute atomic E-state index is 0.108. The quantitative estimate of drug-likeness (QED) is 0.588. The molecule has 0 aromatic heterocycles. The first-order valence-electron chi connectivity index (χ1n) is 13.0. The number of ketones is 1. The summed E-state index contributed by atoms with van der Waals surface area (Å²) in [6.45, 7) is 9.91. The van der Waals surface area contributed by atoms with Gasteiger partial charge in [-0.15, -0.1) is 0 Å². The highest BCUT2D eigenvalue weighted by Gasteiger charge is 2.62. The van der Waals surface area contributed by atoms with Gasteiger partial charge in [0.15, 0.2) is 0 Å². The van der Waals surface area contributed by atoms with Crippen LogP contribution in [-0.2, 0) is 4.79 Å². The molecule has 4 saturated carbocycles. The topological polar surface area (TPSA) is 57.5 Å². The van der Waals surface area contributed by atoms with Gasteiger partial charge in [-0.1, -0.05) is 40.5 Å². The van der Waals surface area contributed by atoms with Gasteiger partial charge in [0.2, 0.25) is 0 Å². The zero-order chi connectivity index (χ0) is 21.7. The lowest BCUT2D eigenvalue weighted by Crippen LogP contribution is -2.57. The minimum Gasteiger partial charge on any atom is -0.396 e. The third kappa shape index (κ3) is 3.70. The number of fused-ring (bicyclic) bond motifs is 5. The molecule has 0 saturated heterocycles. The van der Waals surface area contributed by atoms with E-state index in [1.54, 1.807) is 0 Å². The fourth-order valence-corrected chi connectivity index (χ4v) is 9.08. The maximum absolute atomic E-state index is 13.2. The van der Waals surface area contributed by atoms with Gasteiger partial charge < -0.3 is 10.2 Å². The molecule has 0 amide bonds. The van der Waals surface area contributed by atoms with Crippen LogP contribution in [0.4, 0.5) is 0 Å². The molecule has 30 heavy (non-hydrogen) atoms. The molecule has 2 N–H and O–H groups in total. The molecule has 10 atom stereocenters. The third-order valence-corrected chi connectivity index (χ3v) is 10.9. The summed E-state index contributed by atoms with van der Waals surface area (Å²) in [5.41, 5.74) is 0.533. The summed E-state index contributed by atoms with van der Waals surface area (Å²) in [6.07, 6.45) is 12.1. The molecule has 0 heterocycles. The Hall–Kier alpha value is -0.410. The molecule has 3 heteroatoms.